The third kappa shape index (κ3) is 6.87. The van der Waals surface area contributed by atoms with E-state index in [0.717, 1.165) is 46.4 Å². The molecule has 0 aliphatic heterocycles. The van der Waals surface area contributed by atoms with Crippen molar-refractivity contribution >= 4 is 28.0 Å². The molecule has 4 nitrogen and oxygen atoms in total. The normalized spacial score (nSPS) is 11.1. The third-order valence-electron chi connectivity index (χ3n) is 3.43. The average Bonchev–Trinajstić information content (AvgIpc) is 2.47. The first-order chi connectivity index (χ1) is 11.2. The molecule has 5 heteroatoms. The Labute approximate surface area is 154 Å². The second-order valence-corrected chi connectivity index (χ2v) is 7.11. The summed E-state index contributed by atoms with van der Waals surface area (Å²) in [7, 11) is 1.98. The summed E-state index contributed by atoms with van der Waals surface area (Å²) >= 11 is 3.55. The van der Waals surface area contributed by atoms with Crippen molar-refractivity contribution in [2.24, 2.45) is 4.99 Å². The number of aryl methyl sites for hydroxylation is 1. The van der Waals surface area contributed by atoms with Crippen LogP contribution in [-0.2, 0) is 0 Å². The van der Waals surface area contributed by atoms with Crippen LogP contribution in [0.2, 0.25) is 0 Å². The molecule has 132 valence electrons. The summed E-state index contributed by atoms with van der Waals surface area (Å²) in [5, 5.41) is 0. The highest BCUT2D eigenvalue weighted by atomic mass is 79.9. The van der Waals surface area contributed by atoms with Gasteiger partial charge >= 0.3 is 0 Å². The lowest BCUT2D eigenvalue weighted by molar-refractivity contribution is 0.192. The first kappa shape index (κ1) is 20.4. The molecule has 0 unspecified atom stereocenters. The van der Waals surface area contributed by atoms with Gasteiger partial charge in [0, 0.05) is 26.4 Å². The quantitative estimate of drug-likeness (QED) is 0.318. The summed E-state index contributed by atoms with van der Waals surface area (Å²) in [6, 6.07) is 1.94. The fraction of sp³-hybridized carbons (Fsp3) is 0.474. The van der Waals surface area contributed by atoms with E-state index in [9.17, 15) is 0 Å². The van der Waals surface area contributed by atoms with Gasteiger partial charge in [-0.05, 0) is 49.7 Å². The number of ether oxygens (including phenoxy) is 1. The molecule has 1 aromatic heterocycles. The zero-order valence-electron chi connectivity index (χ0n) is 15.4. The minimum absolute atomic E-state index is 0.0104. The second kappa shape index (κ2) is 9.62. The molecule has 0 atom stereocenters. The summed E-state index contributed by atoms with van der Waals surface area (Å²) in [4.78, 5) is 11.1. The topological polar surface area (TPSA) is 37.7 Å². The Morgan fingerprint density at radius 1 is 1.38 bits per heavy atom. The van der Waals surface area contributed by atoms with Gasteiger partial charge in [-0.25, -0.2) is 9.98 Å². The molecule has 24 heavy (non-hydrogen) atoms. The molecule has 0 N–H and O–H groups in total. The van der Waals surface area contributed by atoms with Crippen LogP contribution in [0.4, 0.5) is 5.69 Å². The second-order valence-electron chi connectivity index (χ2n) is 6.26. The standard InChI is InChI=1S/C19H28BrN3O/c1-8-23(7)12-21-18-11-17(20)19(22-15(18)6)24-16(9-13(2)3)10-14(4)5/h11-12,16H,2,4,8-10H2,1,3,5-7H3/b21-12+. The number of halogens is 1. The van der Waals surface area contributed by atoms with E-state index in [1.165, 1.54) is 0 Å². The van der Waals surface area contributed by atoms with Gasteiger partial charge < -0.3 is 9.64 Å². The van der Waals surface area contributed by atoms with Crippen LogP contribution in [0.5, 0.6) is 5.88 Å². The molecule has 0 fully saturated rings. The number of hydrogen-bond acceptors (Lipinski definition) is 3. The molecule has 1 heterocycles. The van der Waals surface area contributed by atoms with E-state index in [0.29, 0.717) is 5.88 Å². The van der Waals surface area contributed by atoms with Gasteiger partial charge in [-0.15, -0.1) is 13.2 Å². The van der Waals surface area contributed by atoms with E-state index in [1.54, 1.807) is 0 Å². The minimum atomic E-state index is -0.0104. The van der Waals surface area contributed by atoms with Gasteiger partial charge in [0.25, 0.3) is 0 Å². The fourth-order valence-corrected chi connectivity index (χ4v) is 2.49. The van der Waals surface area contributed by atoms with Crippen molar-refractivity contribution in [2.45, 2.75) is 46.6 Å². The number of hydrogen-bond donors (Lipinski definition) is 0. The molecule has 1 aromatic rings. The van der Waals surface area contributed by atoms with Gasteiger partial charge in [-0.1, -0.05) is 11.1 Å². The largest absolute Gasteiger partial charge is 0.473 e. The summed E-state index contributed by atoms with van der Waals surface area (Å²) in [5.41, 5.74) is 3.82. The lowest BCUT2D eigenvalue weighted by Crippen LogP contribution is -2.18. The van der Waals surface area contributed by atoms with Gasteiger partial charge in [-0.3, -0.25) is 0 Å². The maximum Gasteiger partial charge on any atom is 0.228 e. The zero-order valence-corrected chi connectivity index (χ0v) is 17.0. The molecule has 0 aliphatic carbocycles. The van der Waals surface area contributed by atoms with E-state index >= 15 is 0 Å². The molecule has 0 spiro atoms. The van der Waals surface area contributed by atoms with E-state index in [2.05, 4.69) is 46.0 Å². The summed E-state index contributed by atoms with van der Waals surface area (Å²) < 4.78 is 6.91. The van der Waals surface area contributed by atoms with Crippen LogP contribution in [0, 0.1) is 6.92 Å². The van der Waals surface area contributed by atoms with Crippen LogP contribution in [0.25, 0.3) is 0 Å². The van der Waals surface area contributed by atoms with Crippen molar-refractivity contribution in [3.05, 3.63) is 40.5 Å². The Morgan fingerprint density at radius 2 is 1.96 bits per heavy atom. The Hall–Kier alpha value is -1.62. The number of nitrogens with zero attached hydrogens (tertiary/aromatic N) is 3. The lowest BCUT2D eigenvalue weighted by atomic mass is 10.0. The van der Waals surface area contributed by atoms with Gasteiger partial charge in [0.2, 0.25) is 5.88 Å². The third-order valence-corrected chi connectivity index (χ3v) is 4.00. The molecule has 0 radical (unpaired) electrons. The zero-order chi connectivity index (χ0) is 18.3. The Kier molecular flexibility index (Phi) is 8.19. The average molecular weight is 394 g/mol. The molecule has 0 aromatic carbocycles. The molecule has 0 saturated carbocycles. The van der Waals surface area contributed by atoms with Crippen LogP contribution >= 0.6 is 15.9 Å². The molecular formula is C19H28BrN3O. The highest BCUT2D eigenvalue weighted by Gasteiger charge is 2.16. The molecule has 0 aliphatic rings. The molecule has 0 bridgehead atoms. The Balaban J connectivity index is 2.99. The van der Waals surface area contributed by atoms with Gasteiger partial charge in [0.15, 0.2) is 0 Å². The summed E-state index contributed by atoms with van der Waals surface area (Å²) in [6.45, 7) is 16.9. The summed E-state index contributed by atoms with van der Waals surface area (Å²) in [5.74, 6) is 0.586. The predicted octanol–water partition coefficient (Wildman–Crippen LogP) is 5.44. The molecule has 0 amide bonds. The molecule has 1 rings (SSSR count). The van der Waals surface area contributed by atoms with Gasteiger partial charge in [0.05, 0.1) is 22.2 Å². The SMILES string of the molecule is C=C(C)CC(CC(=C)C)Oc1nc(C)c(/N=C/N(C)CC)cc1Br. The van der Waals surface area contributed by atoms with Crippen LogP contribution in [0.1, 0.15) is 39.3 Å². The first-order valence-electron chi connectivity index (χ1n) is 8.09. The highest BCUT2D eigenvalue weighted by molar-refractivity contribution is 9.10. The smallest absolute Gasteiger partial charge is 0.228 e. The Bertz CT molecular complexity index is 609. The lowest BCUT2D eigenvalue weighted by Gasteiger charge is -2.20. The van der Waals surface area contributed by atoms with Crippen molar-refractivity contribution in [3.63, 3.8) is 0 Å². The van der Waals surface area contributed by atoms with Crippen molar-refractivity contribution in [3.8, 4) is 5.88 Å². The fourth-order valence-electron chi connectivity index (χ4n) is 2.10. The van der Waals surface area contributed by atoms with Crippen LogP contribution in [0.3, 0.4) is 0 Å². The van der Waals surface area contributed by atoms with E-state index in [-0.39, 0.29) is 6.10 Å². The number of aliphatic imine (C=N–C) groups is 1. The van der Waals surface area contributed by atoms with Gasteiger partial charge in [-0.2, -0.15) is 0 Å². The highest BCUT2D eigenvalue weighted by Crippen LogP contribution is 2.31. The maximum absolute atomic E-state index is 6.11. The predicted molar refractivity (Wildman–Crippen MR) is 106 cm³/mol. The van der Waals surface area contributed by atoms with Crippen molar-refractivity contribution in [1.29, 1.82) is 0 Å². The van der Waals surface area contributed by atoms with E-state index in [1.807, 2.05) is 45.1 Å². The minimum Gasteiger partial charge on any atom is -0.473 e. The monoisotopic (exact) mass is 393 g/mol. The number of rotatable bonds is 9. The van der Waals surface area contributed by atoms with Gasteiger partial charge in [0.1, 0.15) is 6.10 Å². The van der Waals surface area contributed by atoms with Crippen molar-refractivity contribution in [1.82, 2.24) is 9.88 Å². The first-order valence-corrected chi connectivity index (χ1v) is 8.89. The summed E-state index contributed by atoms with van der Waals surface area (Å²) in [6.07, 6.45) is 3.36. The number of aromatic nitrogens is 1. The van der Waals surface area contributed by atoms with E-state index in [4.69, 9.17) is 4.74 Å². The van der Waals surface area contributed by atoms with Crippen LogP contribution in [-0.4, -0.2) is 35.9 Å². The maximum atomic E-state index is 6.11. The molecular weight excluding hydrogens is 366 g/mol. The molecule has 0 saturated heterocycles. The van der Waals surface area contributed by atoms with E-state index < -0.39 is 0 Å². The van der Waals surface area contributed by atoms with Crippen LogP contribution in [0.15, 0.2) is 39.8 Å². The van der Waals surface area contributed by atoms with Crippen molar-refractivity contribution in [2.75, 3.05) is 13.6 Å². The van der Waals surface area contributed by atoms with Crippen LogP contribution < -0.4 is 4.74 Å². The number of pyridine rings is 1. The Morgan fingerprint density at radius 3 is 2.46 bits per heavy atom. The van der Waals surface area contributed by atoms with Crippen molar-refractivity contribution < 1.29 is 4.74 Å².